The second kappa shape index (κ2) is 17.9. The van der Waals surface area contributed by atoms with Crippen molar-refractivity contribution in [2.45, 2.75) is 78.9 Å². The summed E-state index contributed by atoms with van der Waals surface area (Å²) in [5.74, 6) is -0.154. The molecule has 1 rings (SSSR count). The summed E-state index contributed by atoms with van der Waals surface area (Å²) >= 11 is 0. The molecule has 0 fully saturated rings. The van der Waals surface area contributed by atoms with Crippen molar-refractivity contribution in [3.63, 3.8) is 0 Å². The van der Waals surface area contributed by atoms with Crippen molar-refractivity contribution in [3.8, 4) is 0 Å². The van der Waals surface area contributed by atoms with Crippen molar-refractivity contribution < 1.29 is 19.1 Å². The first-order valence-electron chi connectivity index (χ1n) is 9.31. The van der Waals surface area contributed by atoms with E-state index < -0.39 is 0 Å². The van der Waals surface area contributed by atoms with Gasteiger partial charge in [0, 0.05) is 6.42 Å². The number of carbonyl (C=O) groups is 2. The van der Waals surface area contributed by atoms with Crippen LogP contribution in [0.25, 0.3) is 0 Å². The third-order valence-corrected chi connectivity index (χ3v) is 2.99. The van der Waals surface area contributed by atoms with Crippen molar-refractivity contribution in [2.24, 2.45) is 5.73 Å². The maximum Gasteiger partial charge on any atom is 0.305 e. The number of rotatable bonds is 8. The van der Waals surface area contributed by atoms with Gasteiger partial charge in [-0.25, -0.2) is 0 Å². The van der Waals surface area contributed by atoms with Crippen LogP contribution in [0.15, 0.2) is 30.3 Å². The molecule has 0 aromatic heterocycles. The molecule has 2 N–H and O–H groups in total. The highest BCUT2D eigenvalue weighted by Gasteiger charge is 2.07. The highest BCUT2D eigenvalue weighted by molar-refractivity contribution is 5.68. The first kappa shape index (κ1) is 26.4. The Morgan fingerprint density at radius 3 is 2.08 bits per heavy atom. The van der Waals surface area contributed by atoms with Gasteiger partial charge in [0.2, 0.25) is 0 Å². The third kappa shape index (κ3) is 22.1. The number of nitrogens with two attached hydrogens (primary N) is 1. The SMILES string of the molecule is CC(C)(C)OC=O.CCC(=O)OCc1ccccc1.CCCCCCN. The second-order valence-electron chi connectivity index (χ2n) is 6.68. The maximum absolute atomic E-state index is 10.8. The molecule has 0 amide bonds. The Bertz CT molecular complexity index is 437. The average Bonchev–Trinajstić information content (AvgIpc) is 2.61. The first-order valence-corrected chi connectivity index (χ1v) is 9.31. The van der Waals surface area contributed by atoms with Crippen LogP contribution in [0, 0.1) is 0 Å². The van der Waals surface area contributed by atoms with Gasteiger partial charge in [0.15, 0.2) is 0 Å². The number of esters is 1. The molecule has 26 heavy (non-hydrogen) atoms. The van der Waals surface area contributed by atoms with Crippen molar-refractivity contribution in [1.82, 2.24) is 0 Å². The largest absolute Gasteiger partial charge is 0.462 e. The van der Waals surface area contributed by atoms with Crippen LogP contribution in [0.4, 0.5) is 0 Å². The van der Waals surface area contributed by atoms with E-state index in [1.54, 1.807) is 6.92 Å². The standard InChI is InChI=1S/C10H12O2.C6H15N.C5H10O2/c1-2-10(11)12-8-9-6-4-3-5-7-9;1-2-3-4-5-6-7;1-5(2,3)7-4-6/h3-7H,2,8H2,1H3;2-7H2,1H3;4H,1-3H3. The minimum atomic E-state index is -0.318. The van der Waals surface area contributed by atoms with Gasteiger partial charge in [0.25, 0.3) is 6.47 Å². The Kier molecular flexibility index (Phi) is 18.2. The van der Waals surface area contributed by atoms with Gasteiger partial charge in [0.1, 0.15) is 12.2 Å². The fourth-order valence-corrected chi connectivity index (χ4v) is 1.56. The zero-order valence-electron chi connectivity index (χ0n) is 17.1. The zero-order valence-corrected chi connectivity index (χ0v) is 17.1. The predicted molar refractivity (Wildman–Crippen MR) is 107 cm³/mol. The summed E-state index contributed by atoms with van der Waals surface area (Å²) in [6.07, 6.45) is 5.60. The van der Waals surface area contributed by atoms with E-state index in [0.29, 0.717) is 19.5 Å². The topological polar surface area (TPSA) is 78.6 Å². The Morgan fingerprint density at radius 2 is 1.69 bits per heavy atom. The summed E-state index contributed by atoms with van der Waals surface area (Å²) in [6, 6.07) is 9.65. The second-order valence-corrected chi connectivity index (χ2v) is 6.68. The van der Waals surface area contributed by atoms with E-state index in [1.807, 2.05) is 51.1 Å². The Labute approximate surface area is 159 Å². The third-order valence-electron chi connectivity index (χ3n) is 2.99. The lowest BCUT2D eigenvalue weighted by molar-refractivity contribution is -0.144. The van der Waals surface area contributed by atoms with Crippen LogP contribution in [-0.2, 0) is 25.7 Å². The molecule has 0 heterocycles. The molecule has 0 spiro atoms. The van der Waals surface area contributed by atoms with E-state index >= 15 is 0 Å². The Balaban J connectivity index is 0. The van der Waals surface area contributed by atoms with Crippen LogP contribution in [0.2, 0.25) is 0 Å². The zero-order chi connectivity index (χ0) is 20.3. The Morgan fingerprint density at radius 1 is 1.08 bits per heavy atom. The van der Waals surface area contributed by atoms with Gasteiger partial charge in [-0.15, -0.1) is 0 Å². The lowest BCUT2D eigenvalue weighted by atomic mass is 10.2. The summed E-state index contributed by atoms with van der Waals surface area (Å²) in [6.45, 7) is 11.2. The van der Waals surface area contributed by atoms with Crippen molar-refractivity contribution in [3.05, 3.63) is 35.9 Å². The molecule has 0 bridgehead atoms. The molecule has 0 aliphatic rings. The predicted octanol–water partition coefficient (Wildman–Crippen LogP) is 4.62. The molecule has 0 unspecified atom stereocenters. The highest BCUT2D eigenvalue weighted by atomic mass is 16.5. The maximum atomic E-state index is 10.8. The molecule has 1 aromatic rings. The molecule has 5 heteroatoms. The molecule has 0 aliphatic heterocycles. The summed E-state index contributed by atoms with van der Waals surface area (Å²) in [5.41, 5.74) is 5.98. The number of carbonyl (C=O) groups excluding carboxylic acids is 2. The molecular formula is C21H37NO4. The van der Waals surface area contributed by atoms with Gasteiger partial charge < -0.3 is 15.2 Å². The molecule has 0 saturated heterocycles. The fraction of sp³-hybridized carbons (Fsp3) is 0.619. The van der Waals surface area contributed by atoms with E-state index in [2.05, 4.69) is 11.7 Å². The van der Waals surface area contributed by atoms with E-state index in [0.717, 1.165) is 12.1 Å². The molecule has 1 aromatic carbocycles. The summed E-state index contributed by atoms with van der Waals surface area (Å²) in [5, 5.41) is 0. The molecule has 0 radical (unpaired) electrons. The molecular weight excluding hydrogens is 330 g/mol. The van der Waals surface area contributed by atoms with Gasteiger partial charge in [-0.3, -0.25) is 9.59 Å². The first-order chi connectivity index (χ1) is 12.3. The number of ether oxygens (including phenoxy) is 2. The number of benzene rings is 1. The molecule has 5 nitrogen and oxygen atoms in total. The molecule has 0 atom stereocenters. The van der Waals surface area contributed by atoms with Gasteiger partial charge in [0.05, 0.1) is 0 Å². The normalized spacial score (nSPS) is 9.77. The summed E-state index contributed by atoms with van der Waals surface area (Å²) in [7, 11) is 0. The number of unbranched alkanes of at least 4 members (excludes halogenated alkanes) is 3. The fourth-order valence-electron chi connectivity index (χ4n) is 1.56. The van der Waals surface area contributed by atoms with Crippen molar-refractivity contribution in [2.75, 3.05) is 6.54 Å². The molecule has 150 valence electrons. The van der Waals surface area contributed by atoms with Gasteiger partial charge in [-0.1, -0.05) is 63.4 Å². The molecule has 0 saturated carbocycles. The van der Waals surface area contributed by atoms with E-state index in [9.17, 15) is 9.59 Å². The number of hydrogen-bond acceptors (Lipinski definition) is 5. The van der Waals surface area contributed by atoms with Gasteiger partial charge >= 0.3 is 5.97 Å². The average molecular weight is 368 g/mol. The van der Waals surface area contributed by atoms with E-state index in [-0.39, 0.29) is 11.6 Å². The van der Waals surface area contributed by atoms with E-state index in [4.69, 9.17) is 10.5 Å². The monoisotopic (exact) mass is 367 g/mol. The Hall–Kier alpha value is -1.88. The summed E-state index contributed by atoms with van der Waals surface area (Å²) < 4.78 is 9.49. The minimum Gasteiger partial charge on any atom is -0.462 e. The van der Waals surface area contributed by atoms with Crippen LogP contribution in [0.1, 0.15) is 72.3 Å². The van der Waals surface area contributed by atoms with Crippen LogP contribution in [0.5, 0.6) is 0 Å². The lowest BCUT2D eigenvalue weighted by Crippen LogP contribution is -2.17. The summed E-state index contributed by atoms with van der Waals surface area (Å²) in [4.78, 5) is 20.4. The van der Waals surface area contributed by atoms with Crippen molar-refractivity contribution in [1.29, 1.82) is 0 Å². The quantitative estimate of drug-likeness (QED) is 0.412. The highest BCUT2D eigenvalue weighted by Crippen LogP contribution is 2.03. The van der Waals surface area contributed by atoms with E-state index in [1.165, 1.54) is 25.7 Å². The van der Waals surface area contributed by atoms with Crippen LogP contribution >= 0.6 is 0 Å². The lowest BCUT2D eigenvalue weighted by Gasteiger charge is -2.14. The number of hydrogen-bond donors (Lipinski definition) is 1. The van der Waals surface area contributed by atoms with Crippen molar-refractivity contribution >= 4 is 12.4 Å². The smallest absolute Gasteiger partial charge is 0.305 e. The van der Waals surface area contributed by atoms with Gasteiger partial charge in [-0.05, 0) is 39.3 Å². The van der Waals surface area contributed by atoms with Crippen LogP contribution in [-0.4, -0.2) is 24.6 Å². The van der Waals surface area contributed by atoms with Crippen LogP contribution < -0.4 is 5.73 Å². The minimum absolute atomic E-state index is 0.154. The van der Waals surface area contributed by atoms with Gasteiger partial charge in [-0.2, -0.15) is 0 Å². The molecule has 0 aliphatic carbocycles. The van der Waals surface area contributed by atoms with Crippen LogP contribution in [0.3, 0.4) is 0 Å².